The minimum atomic E-state index is -0.257. The molecule has 3 nitrogen and oxygen atoms in total. The molecule has 3 rings (SSSR count). The standard InChI is InChI=1S/C13H12FN3/c1-8-2-3-10(14)4-11(8)13-16-6-9-5-15-7-12(9)17-13/h2-4,6,15H,5,7H2,1H3. The van der Waals surface area contributed by atoms with Crippen molar-refractivity contribution in [3.8, 4) is 11.4 Å². The zero-order valence-electron chi connectivity index (χ0n) is 9.50. The fourth-order valence-electron chi connectivity index (χ4n) is 2.02. The third-order valence-electron chi connectivity index (χ3n) is 3.00. The maximum atomic E-state index is 13.2. The molecule has 2 heterocycles. The zero-order chi connectivity index (χ0) is 11.8. The molecular formula is C13H12FN3. The van der Waals surface area contributed by atoms with Crippen molar-refractivity contribution in [2.75, 3.05) is 0 Å². The number of benzene rings is 1. The Labute approximate surface area is 98.7 Å². The number of nitrogens with zero attached hydrogens (tertiary/aromatic N) is 2. The monoisotopic (exact) mass is 229 g/mol. The first-order valence-electron chi connectivity index (χ1n) is 5.56. The van der Waals surface area contributed by atoms with E-state index < -0.39 is 0 Å². The van der Waals surface area contributed by atoms with Crippen molar-refractivity contribution in [3.05, 3.63) is 47.0 Å². The molecule has 1 N–H and O–H groups in total. The summed E-state index contributed by atoms with van der Waals surface area (Å²) in [6, 6.07) is 4.69. The van der Waals surface area contributed by atoms with Crippen molar-refractivity contribution < 1.29 is 4.39 Å². The van der Waals surface area contributed by atoms with Gasteiger partial charge in [0, 0.05) is 30.4 Å². The summed E-state index contributed by atoms with van der Waals surface area (Å²) in [5, 5.41) is 3.22. The number of hydrogen-bond donors (Lipinski definition) is 1. The molecule has 1 aliphatic heterocycles. The number of aryl methyl sites for hydroxylation is 1. The number of fused-ring (bicyclic) bond motifs is 1. The topological polar surface area (TPSA) is 37.8 Å². The van der Waals surface area contributed by atoms with Gasteiger partial charge in [0.05, 0.1) is 5.69 Å². The van der Waals surface area contributed by atoms with Crippen molar-refractivity contribution >= 4 is 0 Å². The van der Waals surface area contributed by atoms with Crippen LogP contribution in [0.4, 0.5) is 4.39 Å². The van der Waals surface area contributed by atoms with Gasteiger partial charge < -0.3 is 5.32 Å². The average molecular weight is 229 g/mol. The minimum absolute atomic E-state index is 0.257. The summed E-state index contributed by atoms with van der Waals surface area (Å²) in [4.78, 5) is 8.79. The highest BCUT2D eigenvalue weighted by atomic mass is 19.1. The van der Waals surface area contributed by atoms with E-state index in [4.69, 9.17) is 0 Å². The van der Waals surface area contributed by atoms with Crippen LogP contribution in [0.1, 0.15) is 16.8 Å². The van der Waals surface area contributed by atoms with E-state index in [1.54, 1.807) is 6.07 Å². The first-order chi connectivity index (χ1) is 8.24. The SMILES string of the molecule is Cc1ccc(F)cc1-c1ncc2c(n1)CNC2. The Hall–Kier alpha value is -1.81. The van der Waals surface area contributed by atoms with Crippen molar-refractivity contribution in [2.24, 2.45) is 0 Å². The molecule has 0 saturated carbocycles. The van der Waals surface area contributed by atoms with Gasteiger partial charge in [0.15, 0.2) is 5.82 Å². The van der Waals surface area contributed by atoms with E-state index in [0.717, 1.165) is 35.5 Å². The van der Waals surface area contributed by atoms with Crippen LogP contribution in [0.5, 0.6) is 0 Å². The Balaban J connectivity index is 2.12. The van der Waals surface area contributed by atoms with Gasteiger partial charge in [-0.2, -0.15) is 0 Å². The lowest BCUT2D eigenvalue weighted by Gasteiger charge is -2.06. The van der Waals surface area contributed by atoms with Crippen molar-refractivity contribution in [1.82, 2.24) is 15.3 Å². The Kier molecular flexibility index (Phi) is 2.37. The second kappa shape index (κ2) is 3.89. The Morgan fingerprint density at radius 2 is 2.18 bits per heavy atom. The lowest BCUT2D eigenvalue weighted by atomic mass is 10.1. The van der Waals surface area contributed by atoms with E-state index in [-0.39, 0.29) is 5.82 Å². The normalized spacial score (nSPS) is 13.8. The molecule has 1 aromatic carbocycles. The first-order valence-corrected chi connectivity index (χ1v) is 5.56. The molecule has 0 saturated heterocycles. The fourth-order valence-corrected chi connectivity index (χ4v) is 2.02. The molecule has 0 aliphatic carbocycles. The summed E-state index contributed by atoms with van der Waals surface area (Å²) in [6.07, 6.45) is 1.82. The molecule has 2 aromatic rings. The molecule has 0 spiro atoms. The van der Waals surface area contributed by atoms with Crippen LogP contribution >= 0.6 is 0 Å². The second-order valence-electron chi connectivity index (χ2n) is 4.23. The van der Waals surface area contributed by atoms with Crippen molar-refractivity contribution in [2.45, 2.75) is 20.0 Å². The molecule has 0 atom stereocenters. The van der Waals surface area contributed by atoms with Gasteiger partial charge in [0.2, 0.25) is 0 Å². The molecule has 0 bridgehead atoms. The van der Waals surface area contributed by atoms with Crippen molar-refractivity contribution in [3.63, 3.8) is 0 Å². The van der Waals surface area contributed by atoms with E-state index in [1.165, 1.54) is 12.1 Å². The molecule has 17 heavy (non-hydrogen) atoms. The molecule has 0 amide bonds. The smallest absolute Gasteiger partial charge is 0.159 e. The Morgan fingerprint density at radius 3 is 3.06 bits per heavy atom. The maximum Gasteiger partial charge on any atom is 0.159 e. The van der Waals surface area contributed by atoms with E-state index in [1.807, 2.05) is 13.1 Å². The summed E-state index contributed by atoms with van der Waals surface area (Å²) >= 11 is 0. The number of aromatic nitrogens is 2. The molecule has 4 heteroatoms. The molecule has 0 unspecified atom stereocenters. The Bertz CT molecular complexity index is 581. The molecule has 0 radical (unpaired) electrons. The second-order valence-corrected chi connectivity index (χ2v) is 4.23. The van der Waals surface area contributed by atoms with Crippen molar-refractivity contribution in [1.29, 1.82) is 0 Å². The third kappa shape index (κ3) is 1.80. The first kappa shape index (κ1) is 10.4. The van der Waals surface area contributed by atoms with E-state index in [0.29, 0.717) is 5.82 Å². The summed E-state index contributed by atoms with van der Waals surface area (Å²) in [5.74, 6) is 0.345. The molecular weight excluding hydrogens is 217 g/mol. The van der Waals surface area contributed by atoms with Crippen LogP contribution in [0.2, 0.25) is 0 Å². The molecule has 1 aromatic heterocycles. The van der Waals surface area contributed by atoms with Crippen LogP contribution in [0.25, 0.3) is 11.4 Å². The van der Waals surface area contributed by atoms with Crippen LogP contribution in [0.3, 0.4) is 0 Å². The fraction of sp³-hybridized carbons (Fsp3) is 0.231. The number of halogens is 1. The van der Waals surface area contributed by atoms with Crippen LogP contribution in [-0.2, 0) is 13.1 Å². The van der Waals surface area contributed by atoms with Crippen LogP contribution in [0, 0.1) is 12.7 Å². The summed E-state index contributed by atoms with van der Waals surface area (Å²) in [5.41, 5.74) is 3.89. The zero-order valence-corrected chi connectivity index (χ0v) is 9.50. The molecule has 0 fully saturated rings. The largest absolute Gasteiger partial charge is 0.307 e. The number of rotatable bonds is 1. The third-order valence-corrected chi connectivity index (χ3v) is 3.00. The van der Waals surface area contributed by atoms with E-state index in [2.05, 4.69) is 15.3 Å². The van der Waals surface area contributed by atoms with E-state index in [9.17, 15) is 4.39 Å². The maximum absolute atomic E-state index is 13.2. The quantitative estimate of drug-likeness (QED) is 0.814. The van der Waals surface area contributed by atoms with Crippen LogP contribution < -0.4 is 5.32 Å². The van der Waals surface area contributed by atoms with Gasteiger partial charge in [0.1, 0.15) is 5.82 Å². The van der Waals surface area contributed by atoms with Gasteiger partial charge in [-0.1, -0.05) is 6.07 Å². The van der Waals surface area contributed by atoms with Crippen LogP contribution in [-0.4, -0.2) is 9.97 Å². The highest BCUT2D eigenvalue weighted by molar-refractivity contribution is 5.60. The van der Waals surface area contributed by atoms with Gasteiger partial charge >= 0.3 is 0 Å². The highest BCUT2D eigenvalue weighted by Crippen LogP contribution is 2.22. The Morgan fingerprint density at radius 1 is 1.29 bits per heavy atom. The van der Waals surface area contributed by atoms with Gasteiger partial charge in [-0.25, -0.2) is 14.4 Å². The van der Waals surface area contributed by atoms with Gasteiger partial charge in [-0.3, -0.25) is 0 Å². The lowest BCUT2D eigenvalue weighted by molar-refractivity contribution is 0.627. The average Bonchev–Trinajstić information content (AvgIpc) is 2.79. The van der Waals surface area contributed by atoms with E-state index >= 15 is 0 Å². The predicted molar refractivity (Wildman–Crippen MR) is 62.7 cm³/mol. The van der Waals surface area contributed by atoms with Gasteiger partial charge in [-0.05, 0) is 24.6 Å². The predicted octanol–water partition coefficient (Wildman–Crippen LogP) is 2.19. The summed E-state index contributed by atoms with van der Waals surface area (Å²) in [7, 11) is 0. The summed E-state index contributed by atoms with van der Waals surface area (Å²) in [6.45, 7) is 3.51. The number of nitrogens with one attached hydrogen (secondary N) is 1. The van der Waals surface area contributed by atoms with Gasteiger partial charge in [-0.15, -0.1) is 0 Å². The summed E-state index contributed by atoms with van der Waals surface area (Å²) < 4.78 is 13.2. The van der Waals surface area contributed by atoms with Gasteiger partial charge in [0.25, 0.3) is 0 Å². The van der Waals surface area contributed by atoms with Crippen LogP contribution in [0.15, 0.2) is 24.4 Å². The highest BCUT2D eigenvalue weighted by Gasteiger charge is 2.14. The molecule has 86 valence electrons. The minimum Gasteiger partial charge on any atom is -0.307 e. The number of hydrogen-bond acceptors (Lipinski definition) is 3. The molecule has 1 aliphatic rings. The lowest BCUT2D eigenvalue weighted by Crippen LogP contribution is -2.00.